The minimum atomic E-state index is 0.102. The van der Waals surface area contributed by atoms with Gasteiger partial charge in [0.05, 0.1) is 9.88 Å². The molecule has 5 nitrogen and oxygen atoms in total. The molecule has 0 saturated carbocycles. The Kier molecular flexibility index (Phi) is 4.41. The number of aryl methyl sites for hydroxylation is 1. The maximum absolute atomic E-state index is 11.4. The van der Waals surface area contributed by atoms with Crippen molar-refractivity contribution in [2.45, 2.75) is 40.2 Å². The van der Waals surface area contributed by atoms with Crippen molar-refractivity contribution >= 4 is 28.5 Å². The van der Waals surface area contributed by atoms with Crippen LogP contribution < -0.4 is 0 Å². The molecule has 0 radical (unpaired) electrons. The van der Waals surface area contributed by atoms with Gasteiger partial charge in [0.2, 0.25) is 5.82 Å². The van der Waals surface area contributed by atoms with Crippen molar-refractivity contribution in [2.24, 2.45) is 0 Å². The Morgan fingerprint density at radius 2 is 2.04 bits per heavy atom. The van der Waals surface area contributed by atoms with Gasteiger partial charge in [0, 0.05) is 17.8 Å². The van der Waals surface area contributed by atoms with Crippen LogP contribution in [0.3, 0.4) is 0 Å². The summed E-state index contributed by atoms with van der Waals surface area (Å²) in [6.45, 7) is 7.74. The molecule has 0 aliphatic heterocycles. The predicted octanol–water partition coefficient (Wildman–Crippen LogP) is 4.15. The zero-order valence-electron chi connectivity index (χ0n) is 13.5. The zero-order chi connectivity index (χ0) is 16.6. The molecule has 23 heavy (non-hydrogen) atoms. The standard InChI is InChI=1S/C16H18N4OS2/c1-9(2)20-15(6-12-5-14(10(3)21)23-7-12)18-16(19-20)13-8-22-11(4)17-13/h5,7-9H,6H2,1-4H3. The zero-order valence-corrected chi connectivity index (χ0v) is 15.2. The van der Waals surface area contributed by atoms with E-state index < -0.39 is 0 Å². The number of thiophene rings is 1. The average Bonchev–Trinajstić information content (AvgIpc) is 3.18. The molecule has 0 fully saturated rings. The summed E-state index contributed by atoms with van der Waals surface area (Å²) in [5, 5.41) is 9.62. The van der Waals surface area contributed by atoms with Crippen LogP contribution in [0.15, 0.2) is 16.8 Å². The summed E-state index contributed by atoms with van der Waals surface area (Å²) < 4.78 is 1.94. The van der Waals surface area contributed by atoms with Gasteiger partial charge in [0.1, 0.15) is 11.5 Å². The van der Waals surface area contributed by atoms with Crippen LogP contribution >= 0.6 is 22.7 Å². The molecular weight excluding hydrogens is 328 g/mol. The third-order valence-corrected chi connectivity index (χ3v) is 5.26. The summed E-state index contributed by atoms with van der Waals surface area (Å²) in [6, 6.07) is 2.16. The molecule has 7 heteroatoms. The Labute approximate surface area is 143 Å². The van der Waals surface area contributed by atoms with Crippen molar-refractivity contribution in [1.82, 2.24) is 19.7 Å². The molecular formula is C16H18N4OS2. The number of hydrogen-bond donors (Lipinski definition) is 0. The summed E-state index contributed by atoms with van der Waals surface area (Å²) in [5.41, 5.74) is 1.92. The molecule has 3 rings (SSSR count). The van der Waals surface area contributed by atoms with E-state index in [1.807, 2.05) is 28.4 Å². The minimum Gasteiger partial charge on any atom is -0.294 e. The smallest absolute Gasteiger partial charge is 0.200 e. The second kappa shape index (κ2) is 6.33. The lowest BCUT2D eigenvalue weighted by molar-refractivity contribution is 0.102. The van der Waals surface area contributed by atoms with E-state index in [1.165, 1.54) is 11.3 Å². The molecule has 3 heterocycles. The van der Waals surface area contributed by atoms with E-state index in [2.05, 4.69) is 28.9 Å². The lowest BCUT2D eigenvalue weighted by Gasteiger charge is -2.08. The second-order valence-electron chi connectivity index (χ2n) is 5.69. The van der Waals surface area contributed by atoms with E-state index in [9.17, 15) is 4.79 Å². The van der Waals surface area contributed by atoms with Crippen molar-refractivity contribution in [2.75, 3.05) is 0 Å². The monoisotopic (exact) mass is 346 g/mol. The van der Waals surface area contributed by atoms with Crippen LogP contribution in [0.5, 0.6) is 0 Å². The summed E-state index contributed by atoms with van der Waals surface area (Å²) in [7, 11) is 0. The summed E-state index contributed by atoms with van der Waals surface area (Å²) in [4.78, 5) is 21.4. The first kappa shape index (κ1) is 16.0. The first-order valence-corrected chi connectivity index (χ1v) is 9.16. The van der Waals surface area contributed by atoms with Gasteiger partial charge >= 0.3 is 0 Å². The SMILES string of the molecule is CC(=O)c1cc(Cc2nc(-c3csc(C)n3)nn2C(C)C)cs1. The van der Waals surface area contributed by atoms with E-state index >= 15 is 0 Å². The van der Waals surface area contributed by atoms with Gasteiger partial charge < -0.3 is 0 Å². The van der Waals surface area contributed by atoms with Crippen molar-refractivity contribution in [1.29, 1.82) is 0 Å². The summed E-state index contributed by atoms with van der Waals surface area (Å²) in [5.74, 6) is 1.67. The summed E-state index contributed by atoms with van der Waals surface area (Å²) in [6.07, 6.45) is 0.665. The van der Waals surface area contributed by atoms with Crippen molar-refractivity contribution < 1.29 is 4.79 Å². The highest BCUT2D eigenvalue weighted by Crippen LogP contribution is 2.23. The molecule has 0 spiro atoms. The van der Waals surface area contributed by atoms with Gasteiger partial charge in [-0.3, -0.25) is 4.79 Å². The quantitative estimate of drug-likeness (QED) is 0.651. The molecule has 3 aromatic heterocycles. The molecule has 0 unspecified atom stereocenters. The topological polar surface area (TPSA) is 60.7 Å². The third-order valence-electron chi connectivity index (χ3n) is 3.40. The number of ketones is 1. The number of aromatic nitrogens is 4. The van der Waals surface area contributed by atoms with Crippen LogP contribution in [0, 0.1) is 6.92 Å². The maximum Gasteiger partial charge on any atom is 0.200 e. The first-order valence-electron chi connectivity index (χ1n) is 7.40. The fourth-order valence-electron chi connectivity index (χ4n) is 2.30. The maximum atomic E-state index is 11.4. The lowest BCUT2D eigenvalue weighted by atomic mass is 10.2. The van der Waals surface area contributed by atoms with Crippen LogP contribution in [0.4, 0.5) is 0 Å². The Balaban J connectivity index is 1.93. The van der Waals surface area contributed by atoms with Crippen molar-refractivity contribution in [3.05, 3.63) is 38.1 Å². The molecule has 0 aliphatic rings. The van der Waals surface area contributed by atoms with Crippen LogP contribution in [-0.4, -0.2) is 25.5 Å². The van der Waals surface area contributed by atoms with Gasteiger partial charge in [-0.15, -0.1) is 27.8 Å². The van der Waals surface area contributed by atoms with Gasteiger partial charge in [0.15, 0.2) is 5.78 Å². The molecule has 120 valence electrons. The van der Waals surface area contributed by atoms with Gasteiger partial charge in [0.25, 0.3) is 0 Å². The predicted molar refractivity (Wildman–Crippen MR) is 93.4 cm³/mol. The average molecular weight is 346 g/mol. The van der Waals surface area contributed by atoms with Gasteiger partial charge in [-0.05, 0) is 44.7 Å². The lowest BCUT2D eigenvalue weighted by Crippen LogP contribution is -2.08. The second-order valence-corrected chi connectivity index (χ2v) is 7.67. The van der Waals surface area contributed by atoms with E-state index in [0.29, 0.717) is 12.2 Å². The molecule has 0 aliphatic carbocycles. The first-order chi connectivity index (χ1) is 10.9. The summed E-state index contributed by atoms with van der Waals surface area (Å²) >= 11 is 3.08. The molecule has 0 atom stereocenters. The van der Waals surface area contributed by atoms with Crippen molar-refractivity contribution in [3.63, 3.8) is 0 Å². The number of carbonyl (C=O) groups is 1. The molecule has 3 aromatic rings. The van der Waals surface area contributed by atoms with E-state index in [-0.39, 0.29) is 11.8 Å². The highest BCUT2D eigenvalue weighted by molar-refractivity contribution is 7.12. The molecule has 0 amide bonds. The number of carbonyl (C=O) groups excluding carboxylic acids is 1. The highest BCUT2D eigenvalue weighted by Gasteiger charge is 2.17. The minimum absolute atomic E-state index is 0.102. The number of nitrogens with zero attached hydrogens (tertiary/aromatic N) is 4. The highest BCUT2D eigenvalue weighted by atomic mass is 32.1. The normalized spacial score (nSPS) is 11.3. The van der Waals surface area contributed by atoms with Gasteiger partial charge in [-0.25, -0.2) is 14.6 Å². The molecule has 0 bridgehead atoms. The number of rotatable bonds is 5. The Hall–Kier alpha value is -1.86. The number of thiazole rings is 1. The molecule has 0 aromatic carbocycles. The third kappa shape index (κ3) is 3.40. The Morgan fingerprint density at radius 1 is 1.26 bits per heavy atom. The van der Waals surface area contributed by atoms with Gasteiger partial charge in [-0.1, -0.05) is 0 Å². The van der Waals surface area contributed by atoms with Crippen molar-refractivity contribution in [3.8, 4) is 11.5 Å². The number of Topliss-reactive ketones (excluding diaryl/α,β-unsaturated/α-hetero) is 1. The van der Waals surface area contributed by atoms with Crippen LogP contribution in [0.2, 0.25) is 0 Å². The Morgan fingerprint density at radius 3 is 2.61 bits per heavy atom. The van der Waals surface area contributed by atoms with E-state index in [4.69, 9.17) is 0 Å². The van der Waals surface area contributed by atoms with Crippen LogP contribution in [0.1, 0.15) is 52.9 Å². The van der Waals surface area contributed by atoms with Crippen LogP contribution in [-0.2, 0) is 6.42 Å². The Bertz CT molecular complexity index is 844. The van der Waals surface area contributed by atoms with E-state index in [0.717, 1.165) is 27.0 Å². The fourth-order valence-corrected chi connectivity index (χ4v) is 3.71. The largest absolute Gasteiger partial charge is 0.294 e. The van der Waals surface area contributed by atoms with E-state index in [1.54, 1.807) is 18.3 Å². The van der Waals surface area contributed by atoms with Crippen LogP contribution in [0.25, 0.3) is 11.5 Å². The molecule has 0 N–H and O–H groups in total. The molecule has 0 saturated heterocycles. The van der Waals surface area contributed by atoms with Gasteiger partial charge in [-0.2, -0.15) is 0 Å². The fraction of sp³-hybridized carbons (Fsp3) is 0.375. The number of hydrogen-bond acceptors (Lipinski definition) is 6.